The molecule has 2 aliphatic heterocycles. The summed E-state index contributed by atoms with van der Waals surface area (Å²) in [5.74, 6) is 1.08. The number of ether oxygens (including phenoxy) is 1. The topological polar surface area (TPSA) is 21.3 Å². The zero-order chi connectivity index (χ0) is 6.10. The summed E-state index contributed by atoms with van der Waals surface area (Å²) < 4.78 is 5.33. The fourth-order valence-corrected chi connectivity index (χ4v) is 1.41. The smallest absolute Gasteiger partial charge is 0.185 e. The predicted octanol–water partition coefficient (Wildman–Crippen LogP) is 1.00. The average Bonchev–Trinajstić information content (AvgIpc) is 2.33. The molecule has 0 aliphatic carbocycles. The summed E-state index contributed by atoms with van der Waals surface area (Å²) in [5, 5.41) is 3.24. The molecule has 0 aromatic heterocycles. The minimum absolute atomic E-state index is 0.900. The van der Waals surface area contributed by atoms with E-state index in [0.29, 0.717) is 0 Å². The van der Waals surface area contributed by atoms with E-state index in [1.165, 1.54) is 18.4 Å². The Morgan fingerprint density at radius 2 is 2.33 bits per heavy atom. The first-order chi connectivity index (χ1) is 4.47. The van der Waals surface area contributed by atoms with Crippen molar-refractivity contribution < 1.29 is 4.74 Å². The van der Waals surface area contributed by atoms with Crippen molar-refractivity contribution in [2.24, 2.45) is 0 Å². The van der Waals surface area contributed by atoms with Crippen molar-refractivity contribution in [2.75, 3.05) is 13.2 Å². The Morgan fingerprint density at radius 3 is 3.22 bits per heavy atom. The van der Waals surface area contributed by atoms with Gasteiger partial charge < -0.3 is 10.1 Å². The van der Waals surface area contributed by atoms with Crippen LogP contribution in [-0.2, 0) is 4.74 Å². The second kappa shape index (κ2) is 1.94. The number of hydrogen-bond donors (Lipinski definition) is 1. The van der Waals surface area contributed by atoms with Crippen LogP contribution in [0.2, 0.25) is 0 Å². The summed E-state index contributed by atoms with van der Waals surface area (Å²) in [6, 6.07) is 0. The van der Waals surface area contributed by atoms with Gasteiger partial charge in [-0.3, -0.25) is 0 Å². The Morgan fingerprint density at radius 1 is 1.33 bits per heavy atom. The normalized spacial score (nSPS) is 24.9. The van der Waals surface area contributed by atoms with Gasteiger partial charge in [0.1, 0.15) is 0 Å². The van der Waals surface area contributed by atoms with Crippen LogP contribution in [0.25, 0.3) is 0 Å². The third kappa shape index (κ3) is 0.784. The van der Waals surface area contributed by atoms with E-state index in [2.05, 4.69) is 5.32 Å². The summed E-state index contributed by atoms with van der Waals surface area (Å²) >= 11 is 0. The highest BCUT2D eigenvalue weighted by molar-refractivity contribution is 5.13. The van der Waals surface area contributed by atoms with Crippen molar-refractivity contribution in [1.29, 1.82) is 0 Å². The highest BCUT2D eigenvalue weighted by atomic mass is 16.5. The molecule has 0 atom stereocenters. The molecule has 9 heavy (non-hydrogen) atoms. The van der Waals surface area contributed by atoms with Gasteiger partial charge in [-0.1, -0.05) is 0 Å². The van der Waals surface area contributed by atoms with Crippen molar-refractivity contribution in [2.45, 2.75) is 19.3 Å². The fourth-order valence-electron chi connectivity index (χ4n) is 1.41. The van der Waals surface area contributed by atoms with E-state index in [9.17, 15) is 0 Å². The van der Waals surface area contributed by atoms with Gasteiger partial charge in [0, 0.05) is 13.0 Å². The molecule has 2 heterocycles. The summed E-state index contributed by atoms with van der Waals surface area (Å²) in [5.41, 5.74) is 1.50. The van der Waals surface area contributed by atoms with Gasteiger partial charge in [-0.25, -0.2) is 0 Å². The Balaban J connectivity index is 2.17. The third-order valence-electron chi connectivity index (χ3n) is 1.91. The van der Waals surface area contributed by atoms with Gasteiger partial charge in [0.2, 0.25) is 0 Å². The highest BCUT2D eigenvalue weighted by Crippen LogP contribution is 2.23. The van der Waals surface area contributed by atoms with Crippen LogP contribution in [0, 0.1) is 0 Å². The Kier molecular flexibility index (Phi) is 1.11. The van der Waals surface area contributed by atoms with E-state index in [1.54, 1.807) is 0 Å². The summed E-state index contributed by atoms with van der Waals surface area (Å²) in [7, 11) is 0. The minimum atomic E-state index is 0.900. The fraction of sp³-hybridized carbons (Fsp3) is 0.714. The Hall–Kier alpha value is -0.660. The molecule has 0 fully saturated rings. The molecule has 0 unspecified atom stereocenters. The van der Waals surface area contributed by atoms with E-state index in [0.717, 1.165) is 25.5 Å². The van der Waals surface area contributed by atoms with Crippen molar-refractivity contribution in [3.05, 3.63) is 11.5 Å². The molecule has 0 radical (unpaired) electrons. The van der Waals surface area contributed by atoms with Crippen LogP contribution >= 0.6 is 0 Å². The van der Waals surface area contributed by atoms with Crippen LogP contribution in [0.4, 0.5) is 0 Å². The minimum Gasteiger partial charge on any atom is -0.479 e. The van der Waals surface area contributed by atoms with E-state index < -0.39 is 0 Å². The van der Waals surface area contributed by atoms with Crippen LogP contribution in [0.3, 0.4) is 0 Å². The van der Waals surface area contributed by atoms with Crippen LogP contribution in [0.5, 0.6) is 0 Å². The summed E-state index contributed by atoms with van der Waals surface area (Å²) in [6.07, 6.45) is 3.69. The van der Waals surface area contributed by atoms with Crippen LogP contribution < -0.4 is 5.32 Å². The lowest BCUT2D eigenvalue weighted by Crippen LogP contribution is -2.19. The van der Waals surface area contributed by atoms with E-state index >= 15 is 0 Å². The number of rotatable bonds is 0. The van der Waals surface area contributed by atoms with Crippen molar-refractivity contribution >= 4 is 0 Å². The monoisotopic (exact) mass is 125 g/mol. The Labute approximate surface area is 54.9 Å². The van der Waals surface area contributed by atoms with Crippen LogP contribution in [0.1, 0.15) is 19.3 Å². The molecule has 0 aromatic rings. The second-order valence-corrected chi connectivity index (χ2v) is 2.56. The lowest BCUT2D eigenvalue weighted by atomic mass is 10.1. The average molecular weight is 125 g/mol. The first-order valence-corrected chi connectivity index (χ1v) is 3.55. The molecule has 0 spiro atoms. The molecule has 50 valence electrons. The van der Waals surface area contributed by atoms with Gasteiger partial charge in [-0.2, -0.15) is 0 Å². The number of nitrogens with one attached hydrogen (secondary N) is 1. The quantitative estimate of drug-likeness (QED) is 0.521. The first kappa shape index (κ1) is 5.15. The lowest BCUT2D eigenvalue weighted by Gasteiger charge is -2.13. The lowest BCUT2D eigenvalue weighted by molar-refractivity contribution is 0.220. The number of hydrogen-bond acceptors (Lipinski definition) is 2. The van der Waals surface area contributed by atoms with Crippen molar-refractivity contribution in [1.82, 2.24) is 5.32 Å². The SMILES string of the molecule is C1CNC2=C(C1)CCO2. The standard InChI is InChI=1S/C7H11NO/c1-2-6-3-5-9-7(6)8-4-1/h8H,1-5H2. The molecular weight excluding hydrogens is 114 g/mol. The van der Waals surface area contributed by atoms with E-state index in [1.807, 2.05) is 0 Å². The zero-order valence-electron chi connectivity index (χ0n) is 5.44. The largest absolute Gasteiger partial charge is 0.479 e. The van der Waals surface area contributed by atoms with Gasteiger partial charge in [0.15, 0.2) is 5.88 Å². The summed E-state index contributed by atoms with van der Waals surface area (Å²) in [6.45, 7) is 2.00. The van der Waals surface area contributed by atoms with Crippen molar-refractivity contribution in [3.63, 3.8) is 0 Å². The molecule has 1 N–H and O–H groups in total. The van der Waals surface area contributed by atoms with Gasteiger partial charge in [0.25, 0.3) is 0 Å². The maximum absolute atomic E-state index is 5.33. The summed E-state index contributed by atoms with van der Waals surface area (Å²) in [4.78, 5) is 0. The van der Waals surface area contributed by atoms with Gasteiger partial charge in [-0.15, -0.1) is 0 Å². The molecule has 0 saturated carbocycles. The molecule has 0 saturated heterocycles. The Bertz CT molecular complexity index is 135. The maximum atomic E-state index is 5.33. The van der Waals surface area contributed by atoms with Crippen molar-refractivity contribution in [3.8, 4) is 0 Å². The third-order valence-corrected chi connectivity index (χ3v) is 1.91. The second-order valence-electron chi connectivity index (χ2n) is 2.56. The van der Waals surface area contributed by atoms with Gasteiger partial charge >= 0.3 is 0 Å². The predicted molar refractivity (Wildman–Crippen MR) is 34.8 cm³/mol. The van der Waals surface area contributed by atoms with E-state index in [-0.39, 0.29) is 0 Å². The molecule has 0 bridgehead atoms. The van der Waals surface area contributed by atoms with Gasteiger partial charge in [-0.05, 0) is 18.4 Å². The van der Waals surface area contributed by atoms with Crippen LogP contribution in [0.15, 0.2) is 11.5 Å². The zero-order valence-corrected chi connectivity index (χ0v) is 5.44. The van der Waals surface area contributed by atoms with Crippen LogP contribution in [-0.4, -0.2) is 13.2 Å². The van der Waals surface area contributed by atoms with Gasteiger partial charge in [0.05, 0.1) is 6.61 Å². The molecular formula is C7H11NO. The van der Waals surface area contributed by atoms with E-state index in [4.69, 9.17) is 4.74 Å². The highest BCUT2D eigenvalue weighted by Gasteiger charge is 2.18. The molecule has 0 amide bonds. The maximum Gasteiger partial charge on any atom is 0.185 e. The molecule has 0 aromatic carbocycles. The molecule has 2 nitrogen and oxygen atoms in total. The first-order valence-electron chi connectivity index (χ1n) is 3.55. The molecule has 2 aliphatic rings. The molecule has 2 heteroatoms. The molecule has 2 rings (SSSR count).